The molecule has 7 atom stereocenters. The SMILES string of the molecule is COCCOCCC(=O)N1C[C@H](OCCCCc2ccccc2)C[C@H]1C(=O)N[C@@H](CC(C)C)C(=O)C[C@@H](Cc1cnc[nH]1)C(=O)N[C@@H](CO)C(=O)C[C@H](C(N)=O)C(C)OP(=O)(O)O. The molecule has 1 aliphatic heterocycles. The molecular formula is C42H65N6O14P. The number of primary amides is 1. The highest BCUT2D eigenvalue weighted by atomic mass is 31.2. The molecule has 3 rings (SSSR count). The smallest absolute Gasteiger partial charge is 0.394 e. The van der Waals surface area contributed by atoms with Gasteiger partial charge in [0.15, 0.2) is 11.6 Å². The molecule has 4 amide bonds. The fourth-order valence-electron chi connectivity index (χ4n) is 7.29. The van der Waals surface area contributed by atoms with E-state index in [1.165, 1.54) is 30.1 Å². The Labute approximate surface area is 368 Å². The van der Waals surface area contributed by atoms with Gasteiger partial charge in [-0.05, 0) is 44.1 Å². The number of carbonyl (C=O) groups is 6. The number of ketones is 2. The predicted molar refractivity (Wildman–Crippen MR) is 227 cm³/mol. The topological polar surface area (TPSA) is 299 Å². The van der Waals surface area contributed by atoms with Gasteiger partial charge in [0, 0.05) is 57.8 Å². The first-order valence-electron chi connectivity index (χ1n) is 21.2. The summed E-state index contributed by atoms with van der Waals surface area (Å²) in [5.41, 5.74) is 7.08. The number of ether oxygens (including phenoxy) is 3. The van der Waals surface area contributed by atoms with Crippen LogP contribution in [0.15, 0.2) is 42.9 Å². The first kappa shape index (κ1) is 52.9. The van der Waals surface area contributed by atoms with E-state index in [4.69, 9.17) is 19.9 Å². The Morgan fingerprint density at radius 2 is 1.68 bits per heavy atom. The number of carbonyl (C=O) groups excluding carboxylic acids is 6. The van der Waals surface area contributed by atoms with Crippen LogP contribution in [0.2, 0.25) is 0 Å². The molecule has 352 valence electrons. The molecule has 0 aliphatic carbocycles. The lowest BCUT2D eigenvalue weighted by Crippen LogP contribution is -2.52. The molecule has 1 aromatic carbocycles. The number of nitrogens with one attached hydrogen (secondary N) is 3. The quantitative estimate of drug-likeness (QED) is 0.0413. The van der Waals surface area contributed by atoms with Crippen molar-refractivity contribution >= 4 is 43.0 Å². The Kier molecular flexibility index (Phi) is 22.7. The number of hydrogen-bond donors (Lipinski definition) is 7. The maximum atomic E-state index is 14.2. The van der Waals surface area contributed by atoms with Crippen molar-refractivity contribution in [3.63, 3.8) is 0 Å². The number of unbranched alkanes of at least 4 members (excludes halogenated alkanes) is 1. The number of benzene rings is 1. The van der Waals surface area contributed by atoms with Crippen LogP contribution in [0.5, 0.6) is 0 Å². The van der Waals surface area contributed by atoms with Crippen molar-refractivity contribution in [2.75, 3.05) is 46.7 Å². The number of phosphoric ester groups is 1. The molecule has 1 aliphatic rings. The number of methoxy groups -OCH3 is 1. The van der Waals surface area contributed by atoms with Crippen LogP contribution >= 0.6 is 7.82 Å². The van der Waals surface area contributed by atoms with Crippen LogP contribution in [0.3, 0.4) is 0 Å². The number of phosphoric acid groups is 1. The average molecular weight is 909 g/mol. The summed E-state index contributed by atoms with van der Waals surface area (Å²) < 4.78 is 32.6. The van der Waals surface area contributed by atoms with Gasteiger partial charge in [-0.2, -0.15) is 0 Å². The lowest BCUT2D eigenvalue weighted by Gasteiger charge is -2.28. The zero-order chi connectivity index (χ0) is 46.5. The van der Waals surface area contributed by atoms with Crippen LogP contribution in [0, 0.1) is 17.8 Å². The molecule has 8 N–H and O–H groups in total. The lowest BCUT2D eigenvalue weighted by molar-refractivity contribution is -0.140. The average Bonchev–Trinajstić information content (AvgIpc) is 3.91. The number of aromatic nitrogens is 2. The molecule has 0 bridgehead atoms. The van der Waals surface area contributed by atoms with E-state index in [1.54, 1.807) is 0 Å². The van der Waals surface area contributed by atoms with Crippen LogP contribution in [0.4, 0.5) is 0 Å². The van der Waals surface area contributed by atoms with Gasteiger partial charge in [-0.1, -0.05) is 44.2 Å². The van der Waals surface area contributed by atoms with E-state index < -0.39 is 98.7 Å². The fraction of sp³-hybridized carbons (Fsp3) is 0.643. The zero-order valence-electron chi connectivity index (χ0n) is 36.5. The molecule has 1 saturated heterocycles. The third kappa shape index (κ3) is 19.1. The minimum Gasteiger partial charge on any atom is -0.394 e. The summed E-state index contributed by atoms with van der Waals surface area (Å²) in [5.74, 6) is -6.97. The molecular weight excluding hydrogens is 843 g/mol. The first-order chi connectivity index (χ1) is 29.9. The number of H-pyrrole nitrogens is 1. The van der Waals surface area contributed by atoms with Crippen molar-refractivity contribution in [3.05, 3.63) is 54.1 Å². The second kappa shape index (κ2) is 27.0. The Morgan fingerprint density at radius 1 is 0.968 bits per heavy atom. The highest BCUT2D eigenvalue weighted by Gasteiger charge is 2.42. The van der Waals surface area contributed by atoms with Crippen molar-refractivity contribution in [3.8, 4) is 0 Å². The molecule has 1 aromatic heterocycles. The van der Waals surface area contributed by atoms with Gasteiger partial charge in [0.05, 0.1) is 69.3 Å². The number of aliphatic hydroxyl groups is 1. The van der Waals surface area contributed by atoms with E-state index >= 15 is 0 Å². The third-order valence-corrected chi connectivity index (χ3v) is 11.2. The molecule has 0 saturated carbocycles. The van der Waals surface area contributed by atoms with Crippen molar-refractivity contribution in [2.24, 2.45) is 23.5 Å². The highest BCUT2D eigenvalue weighted by molar-refractivity contribution is 7.46. The largest absolute Gasteiger partial charge is 0.469 e. The number of aryl methyl sites for hydroxylation is 1. The van der Waals surface area contributed by atoms with Crippen LogP contribution in [-0.2, 0) is 64.9 Å². The number of aliphatic hydroxyl groups excluding tert-OH is 1. The summed E-state index contributed by atoms with van der Waals surface area (Å²) in [6.07, 6.45) is 2.63. The summed E-state index contributed by atoms with van der Waals surface area (Å²) >= 11 is 0. The van der Waals surface area contributed by atoms with E-state index in [2.05, 4.69) is 37.3 Å². The van der Waals surface area contributed by atoms with Crippen molar-refractivity contribution in [2.45, 2.75) is 109 Å². The van der Waals surface area contributed by atoms with E-state index in [0.29, 0.717) is 25.5 Å². The number of nitrogens with two attached hydrogens (primary N) is 1. The van der Waals surface area contributed by atoms with Crippen LogP contribution in [0.25, 0.3) is 0 Å². The Balaban J connectivity index is 1.76. The molecule has 0 radical (unpaired) electrons. The number of aromatic amines is 1. The third-order valence-electron chi connectivity index (χ3n) is 10.6. The Morgan fingerprint density at radius 3 is 2.30 bits per heavy atom. The maximum absolute atomic E-state index is 14.2. The summed E-state index contributed by atoms with van der Waals surface area (Å²) in [4.78, 5) is 108. The van der Waals surface area contributed by atoms with E-state index in [-0.39, 0.29) is 50.7 Å². The maximum Gasteiger partial charge on any atom is 0.469 e. The summed E-state index contributed by atoms with van der Waals surface area (Å²) in [5, 5.41) is 15.4. The summed E-state index contributed by atoms with van der Waals surface area (Å²) in [6, 6.07) is 6.45. The Hall–Kier alpha value is -4.40. The van der Waals surface area contributed by atoms with Crippen LogP contribution in [-0.4, -0.2) is 142 Å². The van der Waals surface area contributed by atoms with Crippen molar-refractivity contribution in [1.82, 2.24) is 25.5 Å². The zero-order valence-corrected chi connectivity index (χ0v) is 37.4. The van der Waals surface area contributed by atoms with Gasteiger partial charge in [0.2, 0.25) is 23.6 Å². The highest BCUT2D eigenvalue weighted by Crippen LogP contribution is 2.39. The predicted octanol–water partition coefficient (Wildman–Crippen LogP) is 1.16. The van der Waals surface area contributed by atoms with Crippen molar-refractivity contribution < 1.29 is 67.0 Å². The van der Waals surface area contributed by atoms with E-state index in [0.717, 1.165) is 26.2 Å². The first-order valence-corrected chi connectivity index (χ1v) is 22.7. The van der Waals surface area contributed by atoms with Gasteiger partial charge >= 0.3 is 7.82 Å². The molecule has 20 nitrogen and oxygen atoms in total. The minimum atomic E-state index is -5.07. The van der Waals surface area contributed by atoms with Gasteiger partial charge in [0.25, 0.3) is 0 Å². The number of likely N-dealkylation sites (tertiary alicyclic amines) is 1. The minimum absolute atomic E-state index is 0.0107. The van der Waals surface area contributed by atoms with E-state index in [1.807, 2.05) is 32.0 Å². The number of rotatable bonds is 31. The van der Waals surface area contributed by atoms with Gasteiger partial charge < -0.3 is 55.4 Å². The monoisotopic (exact) mass is 908 g/mol. The normalized spacial score (nSPS) is 17.7. The molecule has 1 fully saturated rings. The molecule has 0 spiro atoms. The van der Waals surface area contributed by atoms with E-state index in [9.17, 15) is 48.2 Å². The second-order valence-electron chi connectivity index (χ2n) is 16.2. The molecule has 21 heteroatoms. The number of Topliss-reactive ketones (excluding diaryl/α,β-unsaturated/α-hetero) is 2. The van der Waals surface area contributed by atoms with Crippen LogP contribution < -0.4 is 16.4 Å². The van der Waals surface area contributed by atoms with Crippen LogP contribution in [0.1, 0.15) is 77.0 Å². The molecule has 2 aromatic rings. The number of hydrogen-bond acceptors (Lipinski definition) is 13. The molecule has 1 unspecified atom stereocenters. The van der Waals surface area contributed by atoms with Gasteiger partial charge in [-0.15, -0.1) is 0 Å². The standard InChI is InChI=1S/C42H65N6O14P/c1-27(2)18-34(46-42(55)36-21-32(24-48(36)39(52)13-15-60-17-16-59-4)61-14-9-8-12-29-10-6-5-7-11-29)37(50)20-30(19-31-23-44-26-45-31)41(54)47-35(25-49)38(51)22-33(40(43)53)28(3)62-63(56,57)58/h5-7,10-11,23,26-28,30,32-36,49H,8-9,12-22,24-25H2,1-4H3,(H2,43,53)(H,44,45)(H,46,55)(H,47,54)(H2,56,57,58)/t28?,30-,32-,33+,34+,35+,36+/m1/s1. The number of amides is 4. The molecule has 63 heavy (non-hydrogen) atoms. The Bertz CT molecular complexity index is 1800. The number of nitrogens with zero attached hydrogens (tertiary/aromatic N) is 2. The summed E-state index contributed by atoms with van der Waals surface area (Å²) in [6.45, 7) is 5.31. The van der Waals surface area contributed by atoms with Gasteiger partial charge in [-0.25, -0.2) is 9.55 Å². The second-order valence-corrected chi connectivity index (χ2v) is 17.3. The van der Waals surface area contributed by atoms with Gasteiger partial charge in [0.1, 0.15) is 12.1 Å². The van der Waals surface area contributed by atoms with Crippen molar-refractivity contribution in [1.29, 1.82) is 0 Å². The fourth-order valence-corrected chi connectivity index (χ4v) is 7.87. The van der Waals surface area contributed by atoms with Gasteiger partial charge in [-0.3, -0.25) is 33.3 Å². The molecule has 2 heterocycles. The lowest BCUT2D eigenvalue weighted by atomic mass is 9.89. The number of imidazole rings is 1. The summed E-state index contributed by atoms with van der Waals surface area (Å²) in [7, 11) is -3.53.